The van der Waals surface area contributed by atoms with Crippen molar-refractivity contribution in [1.82, 2.24) is 9.97 Å². The van der Waals surface area contributed by atoms with Crippen molar-refractivity contribution < 1.29 is 19.2 Å². The lowest BCUT2D eigenvalue weighted by atomic mass is 10.2. The molecule has 1 aromatic heterocycles. The number of nitrogens with one attached hydrogen (secondary N) is 1. The molecule has 0 spiro atoms. The molecule has 2 aromatic carbocycles. The van der Waals surface area contributed by atoms with Crippen LogP contribution in [0.2, 0.25) is 0 Å². The topological polar surface area (TPSA) is 116 Å². The molecule has 0 aliphatic carbocycles. The van der Waals surface area contributed by atoms with E-state index in [1.54, 1.807) is 61.5 Å². The molecule has 0 atom stereocenters. The Balaban J connectivity index is 1.86. The number of carbonyl (C=O) groups is 1. The van der Waals surface area contributed by atoms with Gasteiger partial charge in [-0.15, -0.1) is 0 Å². The second-order valence-corrected chi connectivity index (χ2v) is 5.47. The summed E-state index contributed by atoms with van der Waals surface area (Å²) in [6.45, 7) is 1.99. The van der Waals surface area contributed by atoms with E-state index in [1.165, 1.54) is 6.33 Å². The van der Waals surface area contributed by atoms with Gasteiger partial charge in [0.25, 0.3) is 0 Å². The van der Waals surface area contributed by atoms with Gasteiger partial charge in [0.2, 0.25) is 5.82 Å². The SMILES string of the molecule is CCOC(=O)c1ccc(Nc2ncnc(Oc3ccccc3)c2[N+](=O)[O-])cc1. The fraction of sp³-hybridized carbons (Fsp3) is 0.105. The van der Waals surface area contributed by atoms with Crippen LogP contribution >= 0.6 is 0 Å². The first kappa shape index (κ1) is 18.8. The third kappa shape index (κ3) is 4.39. The average Bonchev–Trinajstić information content (AvgIpc) is 2.69. The summed E-state index contributed by atoms with van der Waals surface area (Å²) in [7, 11) is 0. The van der Waals surface area contributed by atoms with Crippen LogP contribution < -0.4 is 10.1 Å². The van der Waals surface area contributed by atoms with Crippen LogP contribution in [0.25, 0.3) is 0 Å². The molecule has 0 radical (unpaired) electrons. The number of benzene rings is 2. The fourth-order valence-electron chi connectivity index (χ4n) is 2.33. The lowest BCUT2D eigenvalue weighted by molar-refractivity contribution is -0.385. The molecule has 142 valence electrons. The van der Waals surface area contributed by atoms with Crippen molar-refractivity contribution in [2.24, 2.45) is 0 Å². The lowest BCUT2D eigenvalue weighted by Crippen LogP contribution is -2.05. The Morgan fingerprint density at radius 1 is 1.11 bits per heavy atom. The van der Waals surface area contributed by atoms with Gasteiger partial charge in [-0.1, -0.05) is 18.2 Å². The zero-order valence-electron chi connectivity index (χ0n) is 14.9. The van der Waals surface area contributed by atoms with Crippen LogP contribution in [0, 0.1) is 10.1 Å². The zero-order chi connectivity index (χ0) is 19.9. The summed E-state index contributed by atoms with van der Waals surface area (Å²) in [6, 6.07) is 14.9. The van der Waals surface area contributed by atoms with Crippen LogP contribution in [0.5, 0.6) is 11.6 Å². The number of hydrogen-bond donors (Lipinski definition) is 1. The second-order valence-electron chi connectivity index (χ2n) is 5.47. The third-order valence-electron chi connectivity index (χ3n) is 3.59. The zero-order valence-corrected chi connectivity index (χ0v) is 14.9. The molecule has 0 saturated heterocycles. The fourth-order valence-corrected chi connectivity index (χ4v) is 2.33. The van der Waals surface area contributed by atoms with Gasteiger partial charge in [-0.05, 0) is 43.3 Å². The maximum atomic E-state index is 11.7. The van der Waals surface area contributed by atoms with Gasteiger partial charge in [-0.25, -0.2) is 9.78 Å². The number of carbonyl (C=O) groups excluding carboxylic acids is 1. The summed E-state index contributed by atoms with van der Waals surface area (Å²) in [5.74, 6) is -0.249. The molecular weight excluding hydrogens is 364 g/mol. The summed E-state index contributed by atoms with van der Waals surface area (Å²) in [4.78, 5) is 30.5. The Bertz CT molecular complexity index is 977. The Kier molecular flexibility index (Phi) is 5.75. The van der Waals surface area contributed by atoms with E-state index in [1.807, 2.05) is 0 Å². The molecule has 0 bridgehead atoms. The van der Waals surface area contributed by atoms with Gasteiger partial charge in [0.15, 0.2) is 0 Å². The highest BCUT2D eigenvalue weighted by Crippen LogP contribution is 2.35. The third-order valence-corrected chi connectivity index (χ3v) is 3.59. The summed E-state index contributed by atoms with van der Waals surface area (Å²) in [5, 5.41) is 14.4. The average molecular weight is 380 g/mol. The van der Waals surface area contributed by atoms with E-state index in [4.69, 9.17) is 9.47 Å². The molecular formula is C19H16N4O5. The van der Waals surface area contributed by atoms with E-state index in [0.717, 1.165) is 0 Å². The van der Waals surface area contributed by atoms with Crippen LogP contribution in [0.15, 0.2) is 60.9 Å². The highest BCUT2D eigenvalue weighted by Gasteiger charge is 2.25. The number of para-hydroxylation sites is 1. The summed E-state index contributed by atoms with van der Waals surface area (Å²) in [6.07, 6.45) is 1.17. The molecule has 0 fully saturated rings. The van der Waals surface area contributed by atoms with Crippen LogP contribution in [-0.4, -0.2) is 27.5 Å². The van der Waals surface area contributed by atoms with Crippen molar-refractivity contribution in [3.63, 3.8) is 0 Å². The highest BCUT2D eigenvalue weighted by molar-refractivity contribution is 5.90. The van der Waals surface area contributed by atoms with Crippen molar-refractivity contribution >= 4 is 23.2 Å². The summed E-state index contributed by atoms with van der Waals surface area (Å²) in [5.41, 5.74) is 0.471. The Labute approximate surface area is 160 Å². The molecule has 1 heterocycles. The molecule has 0 saturated carbocycles. The molecule has 0 amide bonds. The van der Waals surface area contributed by atoms with Crippen LogP contribution in [0.3, 0.4) is 0 Å². The number of ether oxygens (including phenoxy) is 2. The molecule has 9 nitrogen and oxygen atoms in total. The Hall–Kier alpha value is -4.01. The smallest absolute Gasteiger partial charge is 0.373 e. The maximum absolute atomic E-state index is 11.7. The van der Waals surface area contributed by atoms with Crippen LogP contribution in [0.4, 0.5) is 17.2 Å². The minimum Gasteiger partial charge on any atom is -0.462 e. The Morgan fingerprint density at radius 2 is 1.82 bits per heavy atom. The van der Waals surface area contributed by atoms with E-state index in [0.29, 0.717) is 17.0 Å². The largest absolute Gasteiger partial charge is 0.462 e. The van der Waals surface area contributed by atoms with Gasteiger partial charge < -0.3 is 14.8 Å². The molecule has 3 aromatic rings. The molecule has 0 unspecified atom stereocenters. The van der Waals surface area contributed by atoms with Gasteiger partial charge in [0.05, 0.1) is 17.1 Å². The Morgan fingerprint density at radius 3 is 2.46 bits per heavy atom. The minimum atomic E-state index is -0.617. The normalized spacial score (nSPS) is 10.2. The molecule has 3 rings (SSSR count). The van der Waals surface area contributed by atoms with E-state index in [9.17, 15) is 14.9 Å². The van der Waals surface area contributed by atoms with Gasteiger partial charge >= 0.3 is 17.5 Å². The number of hydrogen-bond acceptors (Lipinski definition) is 8. The maximum Gasteiger partial charge on any atom is 0.373 e. The molecule has 0 aliphatic heterocycles. The molecule has 0 aliphatic rings. The summed E-state index contributed by atoms with van der Waals surface area (Å²) < 4.78 is 10.5. The van der Waals surface area contributed by atoms with E-state index in [2.05, 4.69) is 15.3 Å². The number of nitro groups is 1. The number of esters is 1. The van der Waals surface area contributed by atoms with E-state index < -0.39 is 16.6 Å². The van der Waals surface area contributed by atoms with E-state index >= 15 is 0 Å². The quantitative estimate of drug-likeness (QED) is 0.370. The monoisotopic (exact) mass is 380 g/mol. The number of aromatic nitrogens is 2. The van der Waals surface area contributed by atoms with Crippen LogP contribution in [0.1, 0.15) is 17.3 Å². The second kappa shape index (κ2) is 8.58. The highest BCUT2D eigenvalue weighted by atomic mass is 16.6. The number of rotatable bonds is 7. The minimum absolute atomic E-state index is 0.0326. The first-order valence-corrected chi connectivity index (χ1v) is 8.35. The predicted molar refractivity (Wildman–Crippen MR) is 101 cm³/mol. The van der Waals surface area contributed by atoms with Gasteiger partial charge in [-0.3, -0.25) is 10.1 Å². The van der Waals surface area contributed by atoms with Gasteiger partial charge in [-0.2, -0.15) is 4.98 Å². The first-order valence-electron chi connectivity index (χ1n) is 8.35. The van der Waals surface area contributed by atoms with Crippen molar-refractivity contribution in [3.05, 3.63) is 76.6 Å². The molecule has 9 heteroatoms. The van der Waals surface area contributed by atoms with Crippen molar-refractivity contribution in [2.45, 2.75) is 6.92 Å². The predicted octanol–water partition coefficient (Wildman–Crippen LogP) is 4.10. The first-order chi connectivity index (χ1) is 13.6. The lowest BCUT2D eigenvalue weighted by Gasteiger charge is -2.10. The van der Waals surface area contributed by atoms with Crippen molar-refractivity contribution in [3.8, 4) is 11.6 Å². The van der Waals surface area contributed by atoms with Gasteiger partial charge in [0, 0.05) is 5.69 Å². The van der Waals surface area contributed by atoms with Crippen molar-refractivity contribution in [1.29, 1.82) is 0 Å². The molecule has 28 heavy (non-hydrogen) atoms. The van der Waals surface area contributed by atoms with Gasteiger partial charge in [0.1, 0.15) is 12.1 Å². The van der Waals surface area contributed by atoms with Crippen molar-refractivity contribution in [2.75, 3.05) is 11.9 Å². The number of nitrogens with zero attached hydrogens (tertiary/aromatic N) is 3. The standard InChI is InChI=1S/C19H16N4O5/c1-2-27-19(24)13-8-10-14(11-9-13)22-17-16(23(25)26)18(21-12-20-17)28-15-6-4-3-5-7-15/h3-12H,2H2,1H3,(H,20,21,22). The van der Waals surface area contributed by atoms with Crippen LogP contribution in [-0.2, 0) is 4.74 Å². The summed E-state index contributed by atoms with van der Waals surface area (Å²) >= 11 is 0. The molecule has 1 N–H and O–H groups in total. The number of anilines is 2. The van der Waals surface area contributed by atoms with E-state index in [-0.39, 0.29) is 18.3 Å².